The van der Waals surface area contributed by atoms with E-state index < -0.39 is 0 Å². The minimum Gasteiger partial charge on any atom is -0.344 e. The van der Waals surface area contributed by atoms with Gasteiger partial charge in [0, 0.05) is 0 Å². The molecule has 6 N–H and O–H groups in total. The molecule has 84 valence electrons. The van der Waals surface area contributed by atoms with E-state index >= 15 is 0 Å². The smallest absolute Gasteiger partial charge is 0.0183 e. The Morgan fingerprint density at radius 2 is 0.938 bits per heavy atom. The summed E-state index contributed by atoms with van der Waals surface area (Å²) in [6.45, 7) is 4.10. The Bertz CT molecular complexity index is 380. The third-order valence-electron chi connectivity index (χ3n) is 2.24. The normalized spacial score (nSPS) is 8.50. The van der Waals surface area contributed by atoms with Gasteiger partial charge in [0.25, 0.3) is 0 Å². The van der Waals surface area contributed by atoms with Crippen LogP contribution in [0.3, 0.4) is 0 Å². The zero-order chi connectivity index (χ0) is 9.80. The topological polar surface area (TPSA) is 70.0 Å². The van der Waals surface area contributed by atoms with Gasteiger partial charge >= 0.3 is 0 Å². The highest BCUT2D eigenvalue weighted by atomic mass is 14.0. The van der Waals surface area contributed by atoms with E-state index in [4.69, 9.17) is 0 Å². The molecular formula is C14H18N2. The molecule has 0 radical (unpaired) electrons. The Kier molecular flexibility index (Phi) is 5.78. The lowest BCUT2D eigenvalue weighted by molar-refractivity contribution is 1.56. The molecule has 0 aliphatic rings. The standard InChI is InChI=1S/C14H12.2H3N/c1-12(13-8-4-2-5-9-13)14-10-6-3-7-11-14;;/h2-11H,1H2;2*1H3. The van der Waals surface area contributed by atoms with Gasteiger partial charge in [-0.2, -0.15) is 0 Å². The summed E-state index contributed by atoms with van der Waals surface area (Å²) in [6.07, 6.45) is 0. The molecule has 0 aliphatic carbocycles. The molecule has 0 amide bonds. The molecule has 0 saturated heterocycles. The van der Waals surface area contributed by atoms with E-state index in [2.05, 4.69) is 30.8 Å². The second kappa shape index (κ2) is 6.56. The maximum absolute atomic E-state index is 4.10. The van der Waals surface area contributed by atoms with E-state index in [-0.39, 0.29) is 12.3 Å². The third-order valence-corrected chi connectivity index (χ3v) is 2.24. The summed E-state index contributed by atoms with van der Waals surface area (Å²) in [6, 6.07) is 20.5. The van der Waals surface area contributed by atoms with Gasteiger partial charge in [-0.25, -0.2) is 0 Å². The molecule has 2 rings (SSSR count). The van der Waals surface area contributed by atoms with Crippen LogP contribution < -0.4 is 12.3 Å². The summed E-state index contributed by atoms with van der Waals surface area (Å²) in [5.74, 6) is 0. The average molecular weight is 214 g/mol. The summed E-state index contributed by atoms with van der Waals surface area (Å²) in [4.78, 5) is 0. The van der Waals surface area contributed by atoms with E-state index in [1.165, 1.54) is 11.1 Å². The molecule has 16 heavy (non-hydrogen) atoms. The number of benzene rings is 2. The summed E-state index contributed by atoms with van der Waals surface area (Å²) in [5.41, 5.74) is 3.43. The minimum atomic E-state index is 0. The quantitative estimate of drug-likeness (QED) is 0.791. The maximum atomic E-state index is 4.10. The Morgan fingerprint density at radius 3 is 1.25 bits per heavy atom. The van der Waals surface area contributed by atoms with Gasteiger partial charge < -0.3 is 12.3 Å². The van der Waals surface area contributed by atoms with Gasteiger partial charge in [0.15, 0.2) is 0 Å². The van der Waals surface area contributed by atoms with Crippen LogP contribution in [0.15, 0.2) is 67.2 Å². The van der Waals surface area contributed by atoms with Crippen molar-refractivity contribution in [3.63, 3.8) is 0 Å². The number of hydrogen-bond acceptors (Lipinski definition) is 2. The van der Waals surface area contributed by atoms with Crippen LogP contribution in [-0.2, 0) is 0 Å². The fourth-order valence-electron chi connectivity index (χ4n) is 1.45. The van der Waals surface area contributed by atoms with Crippen molar-refractivity contribution in [3.8, 4) is 0 Å². The summed E-state index contributed by atoms with van der Waals surface area (Å²) in [5, 5.41) is 0. The molecule has 0 atom stereocenters. The van der Waals surface area contributed by atoms with Crippen LogP contribution in [0.2, 0.25) is 0 Å². The van der Waals surface area contributed by atoms with E-state index in [1.807, 2.05) is 36.4 Å². The van der Waals surface area contributed by atoms with E-state index in [1.54, 1.807) is 0 Å². The Morgan fingerprint density at radius 1 is 0.625 bits per heavy atom. The zero-order valence-corrected chi connectivity index (χ0v) is 9.39. The van der Waals surface area contributed by atoms with Crippen molar-refractivity contribution in [2.24, 2.45) is 0 Å². The van der Waals surface area contributed by atoms with E-state index in [0.29, 0.717) is 0 Å². The molecule has 0 saturated carbocycles. The monoisotopic (exact) mass is 214 g/mol. The van der Waals surface area contributed by atoms with Gasteiger partial charge in [0.1, 0.15) is 0 Å². The van der Waals surface area contributed by atoms with Crippen LogP contribution >= 0.6 is 0 Å². The van der Waals surface area contributed by atoms with E-state index in [0.717, 1.165) is 5.57 Å². The van der Waals surface area contributed by atoms with Crippen molar-refractivity contribution < 1.29 is 0 Å². The molecule has 0 aromatic heterocycles. The molecule has 0 unspecified atom stereocenters. The van der Waals surface area contributed by atoms with Crippen LogP contribution in [0.1, 0.15) is 11.1 Å². The lowest BCUT2D eigenvalue weighted by Crippen LogP contribution is -1.84. The highest BCUT2D eigenvalue weighted by Crippen LogP contribution is 2.20. The molecule has 2 nitrogen and oxygen atoms in total. The molecule has 0 bridgehead atoms. The molecule has 0 heterocycles. The van der Waals surface area contributed by atoms with Crippen molar-refractivity contribution >= 4 is 5.57 Å². The SMILES string of the molecule is C=C(c1ccccc1)c1ccccc1.N.N. The first-order valence-corrected chi connectivity index (χ1v) is 4.67. The van der Waals surface area contributed by atoms with Gasteiger partial charge in [-0.1, -0.05) is 67.2 Å². The first-order chi connectivity index (χ1) is 6.88. The predicted octanol–water partition coefficient (Wildman–Crippen LogP) is 4.07. The maximum Gasteiger partial charge on any atom is -0.0183 e. The van der Waals surface area contributed by atoms with Crippen molar-refractivity contribution in [1.82, 2.24) is 12.3 Å². The minimum absolute atomic E-state index is 0. The molecular weight excluding hydrogens is 196 g/mol. The van der Waals surface area contributed by atoms with Gasteiger partial charge in [0.2, 0.25) is 0 Å². The van der Waals surface area contributed by atoms with Gasteiger partial charge in [-0.3, -0.25) is 0 Å². The largest absolute Gasteiger partial charge is 0.344 e. The Labute approximate surface area is 96.8 Å². The zero-order valence-electron chi connectivity index (χ0n) is 9.39. The molecule has 2 aromatic rings. The molecule has 2 heteroatoms. The van der Waals surface area contributed by atoms with Crippen LogP contribution in [0.4, 0.5) is 0 Å². The van der Waals surface area contributed by atoms with Crippen molar-refractivity contribution in [1.29, 1.82) is 0 Å². The van der Waals surface area contributed by atoms with Crippen LogP contribution in [0, 0.1) is 0 Å². The first kappa shape index (κ1) is 14.1. The van der Waals surface area contributed by atoms with Crippen LogP contribution in [0.25, 0.3) is 5.57 Å². The van der Waals surface area contributed by atoms with Crippen LogP contribution in [0.5, 0.6) is 0 Å². The highest BCUT2D eigenvalue weighted by molar-refractivity contribution is 5.77. The van der Waals surface area contributed by atoms with E-state index in [9.17, 15) is 0 Å². The molecule has 0 fully saturated rings. The Hall–Kier alpha value is -1.90. The third kappa shape index (κ3) is 3.05. The Balaban J connectivity index is 0.00000112. The average Bonchev–Trinajstić information content (AvgIpc) is 2.30. The van der Waals surface area contributed by atoms with Gasteiger partial charge in [-0.05, 0) is 16.7 Å². The predicted molar refractivity (Wildman–Crippen MR) is 71.1 cm³/mol. The summed E-state index contributed by atoms with van der Waals surface area (Å²) in [7, 11) is 0. The van der Waals surface area contributed by atoms with Crippen molar-refractivity contribution in [2.75, 3.05) is 0 Å². The first-order valence-electron chi connectivity index (χ1n) is 4.67. The number of hydrogen-bond donors (Lipinski definition) is 2. The fourth-order valence-corrected chi connectivity index (χ4v) is 1.45. The highest BCUT2D eigenvalue weighted by Gasteiger charge is 1.99. The van der Waals surface area contributed by atoms with Gasteiger partial charge in [-0.15, -0.1) is 0 Å². The van der Waals surface area contributed by atoms with Crippen LogP contribution in [-0.4, -0.2) is 0 Å². The second-order valence-electron chi connectivity index (χ2n) is 3.21. The molecule has 0 spiro atoms. The fraction of sp³-hybridized carbons (Fsp3) is 0. The lowest BCUT2D eigenvalue weighted by Gasteiger charge is -2.04. The number of rotatable bonds is 2. The van der Waals surface area contributed by atoms with Gasteiger partial charge in [0.05, 0.1) is 0 Å². The summed E-state index contributed by atoms with van der Waals surface area (Å²) < 4.78 is 0. The van der Waals surface area contributed by atoms with Crippen molar-refractivity contribution in [3.05, 3.63) is 78.4 Å². The lowest BCUT2D eigenvalue weighted by atomic mass is 10.0. The molecule has 0 aliphatic heterocycles. The second-order valence-corrected chi connectivity index (χ2v) is 3.21. The molecule has 2 aromatic carbocycles. The van der Waals surface area contributed by atoms with Crippen molar-refractivity contribution in [2.45, 2.75) is 0 Å². The summed E-state index contributed by atoms with van der Waals surface area (Å²) >= 11 is 0.